The van der Waals surface area contributed by atoms with Gasteiger partial charge in [0.1, 0.15) is 11.4 Å². The molecule has 44 heavy (non-hydrogen) atoms. The number of phenols is 1. The van der Waals surface area contributed by atoms with Crippen molar-refractivity contribution in [1.82, 2.24) is 10.2 Å². The van der Waals surface area contributed by atoms with Crippen LogP contribution in [-0.2, 0) is 45.2 Å². The Morgan fingerprint density at radius 3 is 2.59 bits per heavy atom. The van der Waals surface area contributed by atoms with E-state index < -0.39 is 58.9 Å². The van der Waals surface area contributed by atoms with Crippen LogP contribution in [0.5, 0.6) is 11.5 Å². The monoisotopic (exact) mass is 616 g/mol. The topological polar surface area (TPSA) is 170 Å². The fourth-order valence-corrected chi connectivity index (χ4v) is 6.84. The number of amides is 1. The summed E-state index contributed by atoms with van der Waals surface area (Å²) in [6.07, 6.45) is -1.55. The summed E-state index contributed by atoms with van der Waals surface area (Å²) in [5.41, 5.74) is -1.15. The first kappa shape index (κ1) is 31.6. The summed E-state index contributed by atoms with van der Waals surface area (Å²) in [6.45, 7) is 8.28. The first-order valence-electron chi connectivity index (χ1n) is 14.8. The van der Waals surface area contributed by atoms with Gasteiger partial charge in [0.25, 0.3) is 5.91 Å². The number of aliphatic hydroxyl groups is 1. The molecular weight excluding hydrogens is 576 g/mol. The summed E-state index contributed by atoms with van der Waals surface area (Å²) >= 11 is 0. The van der Waals surface area contributed by atoms with Gasteiger partial charge in [-0.1, -0.05) is 6.07 Å². The van der Waals surface area contributed by atoms with E-state index in [4.69, 9.17) is 23.7 Å². The molecule has 1 amide bonds. The predicted molar refractivity (Wildman–Crippen MR) is 153 cm³/mol. The van der Waals surface area contributed by atoms with E-state index in [1.807, 2.05) is 13.1 Å². The number of hydrogen-bond acceptors (Lipinski definition) is 12. The van der Waals surface area contributed by atoms with Crippen molar-refractivity contribution >= 4 is 24.0 Å². The van der Waals surface area contributed by atoms with Crippen LogP contribution >= 0.6 is 0 Å². The van der Waals surface area contributed by atoms with Crippen LogP contribution in [0.1, 0.15) is 65.0 Å². The van der Waals surface area contributed by atoms with Gasteiger partial charge in [0, 0.05) is 24.6 Å². The summed E-state index contributed by atoms with van der Waals surface area (Å²) in [5.74, 6) is -1.78. The van der Waals surface area contributed by atoms with Crippen LogP contribution in [0.3, 0.4) is 0 Å². The largest absolute Gasteiger partial charge is 0.509 e. The number of likely N-dealkylation sites (tertiary alicyclic amines) is 1. The van der Waals surface area contributed by atoms with E-state index in [0.717, 1.165) is 11.1 Å². The van der Waals surface area contributed by atoms with Gasteiger partial charge in [0.2, 0.25) is 0 Å². The van der Waals surface area contributed by atoms with Gasteiger partial charge in [0.15, 0.2) is 29.8 Å². The maximum atomic E-state index is 13.1. The van der Waals surface area contributed by atoms with E-state index in [0.29, 0.717) is 25.1 Å². The van der Waals surface area contributed by atoms with Crippen LogP contribution < -0.4 is 10.1 Å². The van der Waals surface area contributed by atoms with Gasteiger partial charge in [0.05, 0.1) is 17.4 Å². The summed E-state index contributed by atoms with van der Waals surface area (Å²) in [5, 5.41) is 25.3. The molecule has 4 aliphatic rings. The zero-order valence-electron chi connectivity index (χ0n) is 25.8. The van der Waals surface area contributed by atoms with Crippen molar-refractivity contribution in [3.63, 3.8) is 0 Å². The molecule has 2 aliphatic heterocycles. The van der Waals surface area contributed by atoms with Crippen molar-refractivity contribution in [2.24, 2.45) is 0 Å². The summed E-state index contributed by atoms with van der Waals surface area (Å²) < 4.78 is 27.2. The molecule has 13 nitrogen and oxygen atoms in total. The van der Waals surface area contributed by atoms with Crippen molar-refractivity contribution in [2.75, 3.05) is 20.1 Å². The molecule has 1 aromatic rings. The molecule has 2 aliphatic carbocycles. The maximum absolute atomic E-state index is 13.1. The van der Waals surface area contributed by atoms with Crippen LogP contribution in [0, 0.1) is 0 Å². The van der Waals surface area contributed by atoms with Crippen LogP contribution in [0.25, 0.3) is 0 Å². The lowest BCUT2D eigenvalue weighted by Crippen LogP contribution is -2.74. The highest BCUT2D eigenvalue weighted by Gasteiger charge is 2.72. The number of benzene rings is 1. The Hall–Kier alpha value is -3.84. The smallest absolute Gasteiger partial charge is 0.504 e. The highest BCUT2D eigenvalue weighted by atomic mass is 16.7. The Labute approximate surface area is 255 Å². The van der Waals surface area contributed by atoms with Crippen molar-refractivity contribution in [3.8, 4) is 11.5 Å². The first-order chi connectivity index (χ1) is 20.6. The minimum absolute atomic E-state index is 0.0434. The molecule has 0 radical (unpaired) electrons. The molecule has 6 atom stereocenters. The van der Waals surface area contributed by atoms with E-state index in [-0.39, 0.29) is 36.9 Å². The van der Waals surface area contributed by atoms with Gasteiger partial charge < -0.3 is 44.1 Å². The standard InChI is InChI=1S/C31H40N2O11/c1-16(41-28(38)44-29(3,4)5)26(36)32-13-10-22(35)40-17(2)27(37)42-20-9-11-31(39)21-15-18-7-8-19(34)24-23(18)30(31,25(20)43-24)12-14-33(21)6/h7-9,16-17,21,25,34,39H,10-15H2,1-6H3,(H,32,36)/t16-,17-,21?,25-,30-,31-/m0/s1. The predicted octanol–water partition coefficient (Wildman–Crippen LogP) is 1.99. The minimum Gasteiger partial charge on any atom is -0.504 e. The van der Waals surface area contributed by atoms with Gasteiger partial charge >= 0.3 is 18.1 Å². The first-order valence-corrected chi connectivity index (χ1v) is 14.8. The highest BCUT2D eigenvalue weighted by molar-refractivity contribution is 5.83. The third-order valence-corrected chi connectivity index (χ3v) is 8.87. The summed E-state index contributed by atoms with van der Waals surface area (Å²) in [4.78, 5) is 51.6. The summed E-state index contributed by atoms with van der Waals surface area (Å²) in [7, 11) is 1.98. The molecule has 3 N–H and O–H groups in total. The van der Waals surface area contributed by atoms with E-state index in [9.17, 15) is 29.4 Å². The zero-order chi connectivity index (χ0) is 32.2. The van der Waals surface area contributed by atoms with Crippen molar-refractivity contribution in [3.05, 3.63) is 35.1 Å². The van der Waals surface area contributed by atoms with E-state index in [1.165, 1.54) is 13.8 Å². The number of carbonyl (C=O) groups is 4. The Bertz CT molecular complexity index is 1400. The molecule has 0 saturated carbocycles. The van der Waals surface area contributed by atoms with Crippen molar-refractivity contribution in [1.29, 1.82) is 0 Å². The molecule has 2 heterocycles. The molecule has 1 saturated heterocycles. The number of likely N-dealkylation sites (N-methyl/N-ethyl adjacent to an activating group) is 1. The number of nitrogens with one attached hydrogen (secondary N) is 1. The van der Waals surface area contributed by atoms with Crippen LogP contribution in [0.4, 0.5) is 4.79 Å². The molecule has 1 spiro atoms. The number of hydrogen-bond donors (Lipinski definition) is 3. The lowest BCUT2D eigenvalue weighted by Gasteiger charge is -2.61. The molecule has 0 aromatic heterocycles. The fraction of sp³-hybridized carbons (Fsp3) is 0.613. The molecule has 5 rings (SSSR count). The number of aromatic hydroxyl groups is 1. The van der Waals surface area contributed by atoms with E-state index in [2.05, 4.69) is 10.2 Å². The van der Waals surface area contributed by atoms with Crippen molar-refractivity contribution in [2.45, 2.75) is 101 Å². The number of ether oxygens (including phenoxy) is 5. The molecule has 1 fully saturated rings. The number of esters is 2. The summed E-state index contributed by atoms with van der Waals surface area (Å²) in [6, 6.07) is 3.25. The fourth-order valence-electron chi connectivity index (χ4n) is 6.84. The Balaban J connectivity index is 1.18. The van der Waals surface area contributed by atoms with Gasteiger partial charge in [-0.25, -0.2) is 9.59 Å². The van der Waals surface area contributed by atoms with E-state index >= 15 is 0 Å². The number of nitrogens with zero attached hydrogens (tertiary/aromatic N) is 1. The van der Waals surface area contributed by atoms with Crippen molar-refractivity contribution < 1.29 is 53.1 Å². The number of phenolic OH excluding ortho intramolecular Hbond substituents is 1. The molecular formula is C31H40N2O11. The van der Waals surface area contributed by atoms with Crippen LogP contribution in [0.2, 0.25) is 0 Å². The Kier molecular flexibility index (Phi) is 8.08. The molecule has 2 bridgehead atoms. The number of rotatable bonds is 8. The lowest BCUT2D eigenvalue weighted by molar-refractivity contribution is -0.175. The Morgan fingerprint density at radius 1 is 1.16 bits per heavy atom. The average molecular weight is 617 g/mol. The second-order valence-corrected chi connectivity index (χ2v) is 12.9. The normalized spacial score (nSPS) is 27.9. The van der Waals surface area contributed by atoms with Crippen LogP contribution in [0.15, 0.2) is 24.0 Å². The third kappa shape index (κ3) is 5.36. The maximum Gasteiger partial charge on any atom is 0.509 e. The third-order valence-electron chi connectivity index (χ3n) is 8.87. The second kappa shape index (κ2) is 11.3. The minimum atomic E-state index is -1.28. The van der Waals surface area contributed by atoms with Crippen LogP contribution in [-0.4, -0.2) is 94.8 Å². The van der Waals surface area contributed by atoms with Gasteiger partial charge in [-0.05, 0) is 78.8 Å². The molecule has 240 valence electrons. The lowest BCUT2D eigenvalue weighted by atomic mass is 9.50. The molecule has 1 aromatic carbocycles. The van der Waals surface area contributed by atoms with E-state index in [1.54, 1.807) is 32.9 Å². The quantitative estimate of drug-likeness (QED) is 0.287. The van der Waals surface area contributed by atoms with Gasteiger partial charge in [-0.15, -0.1) is 0 Å². The average Bonchev–Trinajstić information content (AvgIpc) is 3.28. The SMILES string of the molecule is C[C@H](OC(=O)OC(C)(C)C)C(=O)NCCC(=O)O[C@@H](C)C(=O)OC1=CC[C@]2(O)C3Cc4ccc(O)c5c4[C@@]2(CCN3C)[C@H]1O5. The molecule has 13 heteroatoms. The van der Waals surface area contributed by atoms with Gasteiger partial charge in [-0.2, -0.15) is 0 Å². The highest BCUT2D eigenvalue weighted by Crippen LogP contribution is 2.65. The number of carbonyl (C=O) groups excluding carboxylic acids is 4. The number of piperidine rings is 1. The zero-order valence-corrected chi connectivity index (χ0v) is 25.8. The Morgan fingerprint density at radius 2 is 1.89 bits per heavy atom. The second-order valence-electron chi connectivity index (χ2n) is 12.9. The molecule has 1 unspecified atom stereocenters. The van der Waals surface area contributed by atoms with Gasteiger partial charge in [-0.3, -0.25) is 9.59 Å².